The second-order valence-corrected chi connectivity index (χ2v) is 5.06. The normalized spacial score (nSPS) is 19.2. The quantitative estimate of drug-likeness (QED) is 0.789. The summed E-state index contributed by atoms with van der Waals surface area (Å²) in [6, 6.07) is 4.47. The molecule has 98 valence electrons. The third-order valence-corrected chi connectivity index (χ3v) is 3.61. The van der Waals surface area contributed by atoms with Crippen LogP contribution in [0.2, 0.25) is 0 Å². The summed E-state index contributed by atoms with van der Waals surface area (Å²) in [6.45, 7) is 1.32. The predicted octanol–water partition coefficient (Wildman–Crippen LogP) is 1.46. The van der Waals surface area contributed by atoms with Crippen LogP contribution in [0.15, 0.2) is 18.3 Å². The van der Waals surface area contributed by atoms with Crippen LogP contribution in [-0.4, -0.2) is 34.3 Å². The Morgan fingerprint density at radius 2 is 2.44 bits per heavy atom. The van der Waals surface area contributed by atoms with Crippen molar-refractivity contribution >= 4 is 22.9 Å². The zero-order valence-electron chi connectivity index (χ0n) is 10.4. The molecule has 1 atom stereocenters. The number of pyridine rings is 1. The highest BCUT2D eigenvalue weighted by Gasteiger charge is 2.24. The van der Waals surface area contributed by atoms with Crippen molar-refractivity contribution in [2.75, 3.05) is 18.1 Å². The molecule has 3 N–H and O–H groups in total. The fraction of sp³-hybridized carbons (Fsp3) is 0.538. The number of aliphatic hydroxyl groups is 1. The number of aliphatic hydroxyl groups excluding tert-OH is 1. The van der Waals surface area contributed by atoms with Gasteiger partial charge < -0.3 is 15.7 Å². The number of hydrogen-bond acceptors (Lipinski definition) is 4. The lowest BCUT2D eigenvalue weighted by molar-refractivity contribution is 0.279. The van der Waals surface area contributed by atoms with Gasteiger partial charge in [-0.25, -0.2) is 0 Å². The topological polar surface area (TPSA) is 62.4 Å². The first-order valence-electron chi connectivity index (χ1n) is 6.35. The van der Waals surface area contributed by atoms with Crippen molar-refractivity contribution in [1.29, 1.82) is 0 Å². The van der Waals surface area contributed by atoms with Crippen LogP contribution in [-0.2, 0) is 0 Å². The zero-order chi connectivity index (χ0) is 13.0. The zero-order valence-corrected chi connectivity index (χ0v) is 11.2. The molecule has 0 bridgehead atoms. The fourth-order valence-corrected chi connectivity index (χ4v) is 2.65. The molecule has 0 saturated carbocycles. The molecule has 1 aliphatic heterocycles. The molecule has 1 fully saturated rings. The maximum absolute atomic E-state index is 8.94. The lowest BCUT2D eigenvalue weighted by Crippen LogP contribution is -2.29. The van der Waals surface area contributed by atoms with Crippen molar-refractivity contribution in [1.82, 2.24) is 4.98 Å². The second kappa shape index (κ2) is 6.11. The molecule has 5 heteroatoms. The minimum Gasteiger partial charge on any atom is -0.396 e. The van der Waals surface area contributed by atoms with E-state index in [4.69, 9.17) is 23.1 Å². The highest BCUT2D eigenvalue weighted by Crippen LogP contribution is 2.28. The molecule has 18 heavy (non-hydrogen) atoms. The van der Waals surface area contributed by atoms with Crippen molar-refractivity contribution < 1.29 is 5.11 Å². The minimum atomic E-state index is 0.263. The Labute approximate surface area is 113 Å². The molecular formula is C13H19N3OS. The maximum atomic E-state index is 8.94. The van der Waals surface area contributed by atoms with E-state index in [0.717, 1.165) is 25.1 Å². The number of aromatic nitrogens is 1. The highest BCUT2D eigenvalue weighted by molar-refractivity contribution is 7.80. The number of hydrogen-bond donors (Lipinski definition) is 2. The lowest BCUT2D eigenvalue weighted by atomic mass is 10.1. The molecule has 4 nitrogen and oxygen atoms in total. The summed E-state index contributed by atoms with van der Waals surface area (Å²) in [6.07, 6.45) is 6.02. The standard InChI is InChI=1S/C13H19N3OS/c14-13(18)12-9-11(5-6-15-12)16-7-1-3-10(16)4-2-8-17/h5-6,9-10,17H,1-4,7-8H2,(H2,14,18). The van der Waals surface area contributed by atoms with Crippen LogP contribution in [0.3, 0.4) is 0 Å². The monoisotopic (exact) mass is 265 g/mol. The molecule has 0 aliphatic carbocycles. The molecule has 1 aromatic rings. The van der Waals surface area contributed by atoms with Crippen molar-refractivity contribution in [3.8, 4) is 0 Å². The molecule has 0 spiro atoms. The van der Waals surface area contributed by atoms with Crippen LogP contribution < -0.4 is 10.6 Å². The molecular weight excluding hydrogens is 246 g/mol. The van der Waals surface area contributed by atoms with Gasteiger partial charge in [-0.2, -0.15) is 0 Å². The van der Waals surface area contributed by atoms with Crippen LogP contribution in [0.25, 0.3) is 0 Å². The molecule has 2 heterocycles. The van der Waals surface area contributed by atoms with Gasteiger partial charge in [0.25, 0.3) is 0 Å². The summed E-state index contributed by atoms with van der Waals surface area (Å²) in [5.74, 6) is 0. The van der Waals surface area contributed by atoms with E-state index >= 15 is 0 Å². The summed E-state index contributed by atoms with van der Waals surface area (Å²) in [7, 11) is 0. The highest BCUT2D eigenvalue weighted by atomic mass is 32.1. The molecule has 1 unspecified atom stereocenters. The van der Waals surface area contributed by atoms with E-state index in [9.17, 15) is 0 Å². The van der Waals surface area contributed by atoms with Gasteiger partial charge in [-0.3, -0.25) is 4.98 Å². The number of thiocarbonyl (C=S) groups is 1. The van der Waals surface area contributed by atoms with Gasteiger partial charge in [0.1, 0.15) is 4.99 Å². The Morgan fingerprint density at radius 1 is 1.61 bits per heavy atom. The Balaban J connectivity index is 2.14. The van der Waals surface area contributed by atoms with Crippen molar-refractivity contribution in [2.45, 2.75) is 31.7 Å². The molecule has 1 aliphatic rings. The van der Waals surface area contributed by atoms with Crippen LogP contribution >= 0.6 is 12.2 Å². The van der Waals surface area contributed by atoms with Gasteiger partial charge in [-0.05, 0) is 37.8 Å². The van der Waals surface area contributed by atoms with Gasteiger partial charge in [0.05, 0.1) is 5.69 Å². The molecule has 2 rings (SSSR count). The van der Waals surface area contributed by atoms with Crippen LogP contribution in [0.5, 0.6) is 0 Å². The van der Waals surface area contributed by atoms with Gasteiger partial charge >= 0.3 is 0 Å². The number of rotatable bonds is 5. The van der Waals surface area contributed by atoms with E-state index in [2.05, 4.69) is 9.88 Å². The summed E-state index contributed by atoms with van der Waals surface area (Å²) < 4.78 is 0. The van der Waals surface area contributed by atoms with Crippen LogP contribution in [0.4, 0.5) is 5.69 Å². The average Bonchev–Trinajstić information content (AvgIpc) is 2.84. The Hall–Kier alpha value is -1.20. The third-order valence-electron chi connectivity index (χ3n) is 3.40. The van der Waals surface area contributed by atoms with E-state index in [1.54, 1.807) is 6.20 Å². The summed E-state index contributed by atoms with van der Waals surface area (Å²) in [4.78, 5) is 6.87. The van der Waals surface area contributed by atoms with Crippen LogP contribution in [0, 0.1) is 0 Å². The number of nitrogens with zero attached hydrogens (tertiary/aromatic N) is 2. The van der Waals surface area contributed by atoms with Gasteiger partial charge in [0, 0.05) is 31.1 Å². The molecule has 1 aromatic heterocycles. The Bertz CT molecular complexity index is 424. The molecule has 0 radical (unpaired) electrons. The smallest absolute Gasteiger partial charge is 0.122 e. The number of anilines is 1. The van der Waals surface area contributed by atoms with Crippen molar-refractivity contribution in [3.05, 3.63) is 24.0 Å². The second-order valence-electron chi connectivity index (χ2n) is 4.62. The Kier molecular flexibility index (Phi) is 4.49. The van der Waals surface area contributed by atoms with Crippen molar-refractivity contribution in [2.24, 2.45) is 5.73 Å². The lowest BCUT2D eigenvalue weighted by Gasteiger charge is -2.27. The first-order valence-corrected chi connectivity index (χ1v) is 6.76. The largest absolute Gasteiger partial charge is 0.396 e. The van der Waals surface area contributed by atoms with Gasteiger partial charge in [0.15, 0.2) is 0 Å². The minimum absolute atomic E-state index is 0.263. The van der Waals surface area contributed by atoms with E-state index in [0.29, 0.717) is 16.7 Å². The van der Waals surface area contributed by atoms with Crippen LogP contribution in [0.1, 0.15) is 31.4 Å². The third kappa shape index (κ3) is 2.97. The first kappa shape index (κ1) is 13.2. The molecule has 1 saturated heterocycles. The van der Waals surface area contributed by atoms with Gasteiger partial charge in [-0.15, -0.1) is 0 Å². The van der Waals surface area contributed by atoms with E-state index in [1.807, 2.05) is 12.1 Å². The maximum Gasteiger partial charge on any atom is 0.122 e. The summed E-state index contributed by atoms with van der Waals surface area (Å²) >= 11 is 4.96. The van der Waals surface area contributed by atoms with E-state index in [1.165, 1.54) is 12.8 Å². The summed E-state index contributed by atoms with van der Waals surface area (Å²) in [5.41, 5.74) is 7.42. The van der Waals surface area contributed by atoms with E-state index < -0.39 is 0 Å². The van der Waals surface area contributed by atoms with Gasteiger partial charge in [-0.1, -0.05) is 12.2 Å². The molecule has 0 amide bonds. The number of nitrogens with two attached hydrogens (primary N) is 1. The Morgan fingerprint density at radius 3 is 3.17 bits per heavy atom. The van der Waals surface area contributed by atoms with Gasteiger partial charge in [0.2, 0.25) is 0 Å². The summed E-state index contributed by atoms with van der Waals surface area (Å²) in [5, 5.41) is 8.94. The van der Waals surface area contributed by atoms with Crippen molar-refractivity contribution in [3.63, 3.8) is 0 Å². The first-order chi connectivity index (χ1) is 8.72. The molecule has 0 aromatic carbocycles. The predicted molar refractivity (Wildman–Crippen MR) is 76.8 cm³/mol. The van der Waals surface area contributed by atoms with E-state index in [-0.39, 0.29) is 6.61 Å². The fourth-order valence-electron chi connectivity index (χ4n) is 2.54. The average molecular weight is 265 g/mol. The SMILES string of the molecule is NC(=S)c1cc(N2CCCC2CCCO)ccn1.